The topological polar surface area (TPSA) is 58.6 Å². The highest BCUT2D eigenvalue weighted by molar-refractivity contribution is 5.70. The van der Waals surface area contributed by atoms with Gasteiger partial charge in [0.05, 0.1) is 0 Å². The van der Waals surface area contributed by atoms with Crippen molar-refractivity contribution in [2.75, 3.05) is 32.7 Å². The summed E-state index contributed by atoms with van der Waals surface area (Å²) < 4.78 is 5.61. The van der Waals surface area contributed by atoms with Crippen molar-refractivity contribution < 1.29 is 9.53 Å². The van der Waals surface area contributed by atoms with Crippen LogP contribution < -0.4 is 4.74 Å². The van der Waals surface area contributed by atoms with Crippen molar-refractivity contribution in [2.45, 2.75) is 32.6 Å². The number of pyridine rings is 2. The molecular weight excluding hydrogens is 412 g/mol. The minimum Gasteiger partial charge on any atom is -0.410 e. The zero-order chi connectivity index (χ0) is 22.9. The molecule has 3 aromatic rings. The predicted octanol–water partition coefficient (Wildman–Crippen LogP) is 4.32. The number of carbonyl (C=O) groups is 1. The van der Waals surface area contributed by atoms with E-state index in [1.54, 1.807) is 11.1 Å². The third kappa shape index (κ3) is 7.12. The summed E-state index contributed by atoms with van der Waals surface area (Å²) in [4.78, 5) is 25.5. The van der Waals surface area contributed by atoms with E-state index < -0.39 is 0 Å². The van der Waals surface area contributed by atoms with Crippen molar-refractivity contribution in [1.82, 2.24) is 19.8 Å². The average molecular weight is 445 g/mol. The molecule has 0 radical (unpaired) electrons. The summed E-state index contributed by atoms with van der Waals surface area (Å²) in [5.41, 5.74) is 4.62. The maximum atomic E-state index is 12.6. The molecular formula is C27H32N4O2. The molecule has 0 bridgehead atoms. The number of rotatable bonds is 8. The molecule has 6 nitrogen and oxygen atoms in total. The Bertz CT molecular complexity index is 1020. The Labute approximate surface area is 196 Å². The summed E-state index contributed by atoms with van der Waals surface area (Å²) in [5.74, 6) is 0.594. The standard InChI is InChI=1S/C27H32N4O2/c1-22-5-2-8-25(29-22)12-9-23-10-13-26(14-11-23)33-27(32)31-19-17-30(18-20-31)16-4-7-24-6-3-15-28-21-24/h2-3,5-6,8,10-11,13-15,21H,4,7,9,12,16-20H2,1H3. The molecule has 1 aliphatic rings. The van der Waals surface area contributed by atoms with Gasteiger partial charge in [0.25, 0.3) is 0 Å². The third-order valence-corrected chi connectivity index (χ3v) is 6.04. The lowest BCUT2D eigenvalue weighted by Gasteiger charge is -2.34. The predicted molar refractivity (Wildman–Crippen MR) is 129 cm³/mol. The van der Waals surface area contributed by atoms with Gasteiger partial charge in [0, 0.05) is 50.0 Å². The van der Waals surface area contributed by atoms with Crippen molar-refractivity contribution in [3.63, 3.8) is 0 Å². The van der Waals surface area contributed by atoms with Crippen LogP contribution in [0.2, 0.25) is 0 Å². The van der Waals surface area contributed by atoms with Crippen molar-refractivity contribution in [1.29, 1.82) is 0 Å². The number of benzene rings is 1. The summed E-state index contributed by atoms with van der Waals surface area (Å²) in [5, 5.41) is 0. The molecule has 3 heterocycles. The molecule has 1 saturated heterocycles. The zero-order valence-corrected chi connectivity index (χ0v) is 19.3. The van der Waals surface area contributed by atoms with Crippen LogP contribution in [0.1, 0.15) is 28.9 Å². The van der Waals surface area contributed by atoms with Crippen LogP contribution >= 0.6 is 0 Å². The number of aromatic nitrogens is 2. The van der Waals surface area contributed by atoms with Gasteiger partial charge >= 0.3 is 6.09 Å². The van der Waals surface area contributed by atoms with Gasteiger partial charge in [-0.25, -0.2) is 4.79 Å². The molecule has 172 valence electrons. The minimum absolute atomic E-state index is 0.262. The van der Waals surface area contributed by atoms with Gasteiger partial charge < -0.3 is 9.64 Å². The number of aryl methyl sites for hydroxylation is 4. The van der Waals surface area contributed by atoms with E-state index in [-0.39, 0.29) is 6.09 Å². The molecule has 0 aliphatic carbocycles. The fraction of sp³-hybridized carbons (Fsp3) is 0.370. The summed E-state index contributed by atoms with van der Waals surface area (Å²) in [7, 11) is 0. The molecule has 4 rings (SSSR count). The van der Waals surface area contributed by atoms with Crippen LogP contribution in [0.25, 0.3) is 0 Å². The Balaban J connectivity index is 1.16. The first kappa shape index (κ1) is 22.9. The van der Waals surface area contributed by atoms with E-state index in [1.165, 1.54) is 11.1 Å². The van der Waals surface area contributed by atoms with Crippen molar-refractivity contribution in [3.8, 4) is 5.75 Å². The lowest BCUT2D eigenvalue weighted by Crippen LogP contribution is -2.49. The highest BCUT2D eigenvalue weighted by Crippen LogP contribution is 2.16. The molecule has 0 atom stereocenters. The molecule has 6 heteroatoms. The number of piperazine rings is 1. The molecule has 2 aromatic heterocycles. The lowest BCUT2D eigenvalue weighted by molar-refractivity contribution is 0.110. The van der Waals surface area contributed by atoms with Gasteiger partial charge in [-0.15, -0.1) is 0 Å². The Morgan fingerprint density at radius 1 is 0.909 bits per heavy atom. The van der Waals surface area contributed by atoms with Gasteiger partial charge in [0.2, 0.25) is 0 Å². The van der Waals surface area contributed by atoms with Crippen LogP contribution in [0.3, 0.4) is 0 Å². The molecule has 1 amide bonds. The maximum absolute atomic E-state index is 12.6. The van der Waals surface area contributed by atoms with Gasteiger partial charge in [0.1, 0.15) is 5.75 Å². The van der Waals surface area contributed by atoms with Gasteiger partial charge in [0.15, 0.2) is 0 Å². The Morgan fingerprint density at radius 3 is 2.45 bits per heavy atom. The normalized spacial score (nSPS) is 14.3. The quantitative estimate of drug-likeness (QED) is 0.518. The van der Waals surface area contributed by atoms with Gasteiger partial charge in [-0.3, -0.25) is 14.9 Å². The molecule has 0 saturated carbocycles. The molecule has 0 spiro atoms. The highest BCUT2D eigenvalue weighted by atomic mass is 16.6. The minimum atomic E-state index is -0.262. The van der Waals surface area contributed by atoms with Crippen molar-refractivity contribution in [2.24, 2.45) is 0 Å². The molecule has 1 fully saturated rings. The first-order valence-corrected chi connectivity index (χ1v) is 11.8. The SMILES string of the molecule is Cc1cccc(CCc2ccc(OC(=O)N3CCN(CCCc4cccnc4)CC3)cc2)n1. The Morgan fingerprint density at radius 2 is 1.73 bits per heavy atom. The van der Waals surface area contributed by atoms with Crippen LogP contribution in [0.4, 0.5) is 4.79 Å². The maximum Gasteiger partial charge on any atom is 0.415 e. The second kappa shape index (κ2) is 11.6. The van der Waals surface area contributed by atoms with E-state index in [0.29, 0.717) is 18.8 Å². The van der Waals surface area contributed by atoms with E-state index in [2.05, 4.69) is 27.0 Å². The van der Waals surface area contributed by atoms with Crippen LogP contribution in [0.5, 0.6) is 5.75 Å². The molecule has 33 heavy (non-hydrogen) atoms. The number of nitrogens with zero attached hydrogens (tertiary/aromatic N) is 4. The van der Waals surface area contributed by atoms with Crippen LogP contribution in [-0.4, -0.2) is 58.6 Å². The third-order valence-electron chi connectivity index (χ3n) is 6.04. The number of hydrogen-bond donors (Lipinski definition) is 0. The first-order valence-electron chi connectivity index (χ1n) is 11.8. The highest BCUT2D eigenvalue weighted by Gasteiger charge is 2.22. The zero-order valence-electron chi connectivity index (χ0n) is 19.3. The van der Waals surface area contributed by atoms with E-state index in [4.69, 9.17) is 4.74 Å². The second-order valence-electron chi connectivity index (χ2n) is 8.58. The Kier molecular flexibility index (Phi) is 8.04. The summed E-state index contributed by atoms with van der Waals surface area (Å²) >= 11 is 0. The number of hydrogen-bond acceptors (Lipinski definition) is 5. The van der Waals surface area contributed by atoms with E-state index in [1.807, 2.05) is 55.6 Å². The fourth-order valence-electron chi connectivity index (χ4n) is 4.11. The molecule has 1 aromatic carbocycles. The van der Waals surface area contributed by atoms with E-state index in [0.717, 1.165) is 56.7 Å². The smallest absolute Gasteiger partial charge is 0.410 e. The monoisotopic (exact) mass is 444 g/mol. The summed E-state index contributed by atoms with van der Waals surface area (Å²) in [6, 6.07) is 18.0. The van der Waals surface area contributed by atoms with E-state index in [9.17, 15) is 4.79 Å². The lowest BCUT2D eigenvalue weighted by atomic mass is 10.1. The van der Waals surface area contributed by atoms with Crippen LogP contribution in [-0.2, 0) is 19.3 Å². The first-order chi connectivity index (χ1) is 16.2. The van der Waals surface area contributed by atoms with Gasteiger partial charge in [-0.1, -0.05) is 24.3 Å². The molecule has 1 aliphatic heterocycles. The number of amides is 1. The number of ether oxygens (including phenoxy) is 1. The van der Waals surface area contributed by atoms with Crippen LogP contribution in [0.15, 0.2) is 67.0 Å². The van der Waals surface area contributed by atoms with Crippen LogP contribution in [0, 0.1) is 6.92 Å². The summed E-state index contributed by atoms with van der Waals surface area (Å²) in [6.45, 7) is 6.22. The van der Waals surface area contributed by atoms with Gasteiger partial charge in [-0.2, -0.15) is 0 Å². The average Bonchev–Trinajstić information content (AvgIpc) is 2.85. The van der Waals surface area contributed by atoms with E-state index >= 15 is 0 Å². The molecule has 0 unspecified atom stereocenters. The van der Waals surface area contributed by atoms with Gasteiger partial charge in [-0.05, 0) is 80.6 Å². The Hall–Kier alpha value is -3.25. The van der Waals surface area contributed by atoms with Crippen molar-refractivity contribution in [3.05, 3.63) is 89.5 Å². The fourth-order valence-corrected chi connectivity index (χ4v) is 4.11. The van der Waals surface area contributed by atoms with Crippen molar-refractivity contribution >= 4 is 6.09 Å². The number of carbonyl (C=O) groups excluding carboxylic acids is 1. The second-order valence-corrected chi connectivity index (χ2v) is 8.58. The largest absolute Gasteiger partial charge is 0.415 e. The summed E-state index contributed by atoms with van der Waals surface area (Å²) in [6.07, 6.45) is 7.42. The molecule has 0 N–H and O–H groups in total.